The molecule has 3 aromatic rings. The van der Waals surface area contributed by atoms with Gasteiger partial charge >= 0.3 is 0 Å². The number of carbonyl (C=O) groups excluding carboxylic acids is 1. The zero-order valence-corrected chi connectivity index (χ0v) is 14.8. The molecule has 0 atom stereocenters. The summed E-state index contributed by atoms with van der Waals surface area (Å²) in [6.45, 7) is 0. The number of carbonyl (C=O) groups is 1. The molecular formula is C21H21O2P. The monoisotopic (exact) mass is 336 g/mol. The van der Waals surface area contributed by atoms with Gasteiger partial charge in [0.05, 0.1) is 0 Å². The summed E-state index contributed by atoms with van der Waals surface area (Å²) in [7, 11) is 2.22. The molecule has 3 rings (SSSR count). The van der Waals surface area contributed by atoms with Gasteiger partial charge in [-0.15, -0.1) is 0 Å². The van der Waals surface area contributed by atoms with Gasteiger partial charge in [0.1, 0.15) is 0 Å². The predicted octanol–water partition coefficient (Wildman–Crippen LogP) is 4.22. The molecule has 0 radical (unpaired) electrons. The molecule has 0 bridgehead atoms. The van der Waals surface area contributed by atoms with E-state index in [-0.39, 0.29) is 5.52 Å². The van der Waals surface area contributed by atoms with Crippen LogP contribution in [0.2, 0.25) is 0 Å². The molecule has 0 fully saturated rings. The van der Waals surface area contributed by atoms with Crippen molar-refractivity contribution in [3.8, 4) is 0 Å². The molecule has 0 amide bonds. The molecule has 0 heterocycles. The second kappa shape index (κ2) is 9.77. The van der Waals surface area contributed by atoms with Crippen LogP contribution < -0.4 is 10.6 Å². The van der Waals surface area contributed by atoms with Crippen molar-refractivity contribution in [2.75, 3.05) is 14.2 Å². The molecule has 0 spiro atoms. The molecule has 0 N–H and O–H groups in total. The van der Waals surface area contributed by atoms with E-state index in [0.29, 0.717) is 0 Å². The molecule has 0 saturated carbocycles. The molecule has 0 aromatic heterocycles. The number of benzene rings is 3. The Morgan fingerprint density at radius 2 is 1.00 bits per heavy atom. The van der Waals surface area contributed by atoms with E-state index in [1.165, 1.54) is 0 Å². The average Bonchev–Trinajstić information content (AvgIpc) is 2.65. The highest BCUT2D eigenvalue weighted by atomic mass is 31.1. The van der Waals surface area contributed by atoms with Crippen molar-refractivity contribution in [2.45, 2.75) is 0 Å². The van der Waals surface area contributed by atoms with Gasteiger partial charge in [0.2, 0.25) is 0 Å². The highest BCUT2D eigenvalue weighted by Crippen LogP contribution is 2.37. The minimum Gasteiger partial charge on any atom is -0.388 e. The summed E-state index contributed by atoms with van der Waals surface area (Å²) >= 11 is 0. The van der Waals surface area contributed by atoms with Crippen molar-refractivity contribution in [1.82, 2.24) is 0 Å². The predicted molar refractivity (Wildman–Crippen MR) is 103 cm³/mol. The van der Waals surface area contributed by atoms with E-state index in [4.69, 9.17) is 0 Å². The zero-order valence-electron chi connectivity index (χ0n) is 13.9. The Bertz CT molecular complexity index is 688. The largest absolute Gasteiger partial charge is 0.388 e. The number of hydrogen-bond acceptors (Lipinski definition) is 2. The van der Waals surface area contributed by atoms with Crippen molar-refractivity contribution in [2.24, 2.45) is 0 Å². The van der Waals surface area contributed by atoms with Crippen LogP contribution in [0.1, 0.15) is 10.4 Å². The molecule has 0 aliphatic heterocycles. The van der Waals surface area contributed by atoms with Crippen LogP contribution in [-0.2, 0) is 4.74 Å². The molecule has 2 nitrogen and oxygen atoms in total. The highest BCUT2D eigenvalue weighted by Gasteiger charge is 2.23. The number of rotatable bonds is 4. The second-order valence-electron chi connectivity index (χ2n) is 5.09. The van der Waals surface area contributed by atoms with E-state index >= 15 is 0 Å². The molecule has 122 valence electrons. The summed E-state index contributed by atoms with van der Waals surface area (Å²) in [6.07, 6.45) is 0. The van der Waals surface area contributed by atoms with Crippen molar-refractivity contribution in [1.29, 1.82) is 0 Å². The SMILES string of the molecule is COC.O=C(c1ccccc1)P(c1ccccc1)c1ccccc1. The van der Waals surface area contributed by atoms with Crippen LogP contribution in [0.4, 0.5) is 0 Å². The van der Waals surface area contributed by atoms with Crippen molar-refractivity contribution < 1.29 is 9.53 Å². The van der Waals surface area contributed by atoms with Gasteiger partial charge in [-0.05, 0) is 10.6 Å². The van der Waals surface area contributed by atoms with E-state index in [0.717, 1.165) is 16.2 Å². The lowest BCUT2D eigenvalue weighted by atomic mass is 10.2. The summed E-state index contributed by atoms with van der Waals surface area (Å²) in [6, 6.07) is 29.6. The lowest BCUT2D eigenvalue weighted by Crippen LogP contribution is -2.18. The second-order valence-corrected chi connectivity index (χ2v) is 7.20. The third kappa shape index (κ3) is 4.86. The fraction of sp³-hybridized carbons (Fsp3) is 0.0952. The number of hydrogen-bond donors (Lipinski definition) is 0. The molecule has 3 heteroatoms. The maximum Gasteiger partial charge on any atom is 0.193 e. The summed E-state index contributed by atoms with van der Waals surface area (Å²) in [5, 5.41) is 2.18. The van der Waals surface area contributed by atoms with Crippen LogP contribution in [0, 0.1) is 0 Å². The lowest BCUT2D eigenvalue weighted by molar-refractivity contribution is 0.108. The summed E-state index contributed by atoms with van der Waals surface area (Å²) in [4.78, 5) is 13.0. The van der Waals surface area contributed by atoms with Crippen LogP contribution >= 0.6 is 7.92 Å². The highest BCUT2D eigenvalue weighted by molar-refractivity contribution is 7.88. The standard InChI is InChI=1S/C19H15OP.C2H6O/c20-19(16-10-4-1-5-11-16)21(17-12-6-2-7-13-17)18-14-8-3-9-15-18;1-3-2/h1-15H;1-2H3. The minimum absolute atomic E-state index is 0.197. The van der Waals surface area contributed by atoms with Crippen LogP contribution in [0.3, 0.4) is 0 Å². The maximum atomic E-state index is 13.0. The third-order valence-corrected chi connectivity index (χ3v) is 5.55. The molecule has 0 unspecified atom stereocenters. The van der Waals surface area contributed by atoms with Gasteiger partial charge in [0, 0.05) is 27.7 Å². The Morgan fingerprint density at radius 1 is 0.667 bits per heavy atom. The number of methoxy groups -OCH3 is 1. The fourth-order valence-corrected chi connectivity index (χ4v) is 4.36. The van der Waals surface area contributed by atoms with E-state index in [9.17, 15) is 4.79 Å². The topological polar surface area (TPSA) is 26.3 Å². The van der Waals surface area contributed by atoms with Crippen LogP contribution in [0.15, 0.2) is 91.0 Å². The summed E-state index contributed by atoms with van der Waals surface area (Å²) in [5.74, 6) is 0. The Hall–Kier alpha value is -2.28. The molecule has 0 saturated heterocycles. The van der Waals surface area contributed by atoms with E-state index in [1.807, 2.05) is 91.0 Å². The number of ether oxygens (including phenoxy) is 1. The fourth-order valence-electron chi connectivity index (χ4n) is 2.25. The average molecular weight is 336 g/mol. The van der Waals surface area contributed by atoms with Crippen molar-refractivity contribution >= 4 is 24.1 Å². The molecule has 0 aliphatic carbocycles. The van der Waals surface area contributed by atoms with E-state index in [1.54, 1.807) is 14.2 Å². The molecular weight excluding hydrogens is 315 g/mol. The van der Waals surface area contributed by atoms with Crippen molar-refractivity contribution in [3.63, 3.8) is 0 Å². The Kier molecular flexibility index (Phi) is 7.35. The smallest absolute Gasteiger partial charge is 0.193 e. The van der Waals surface area contributed by atoms with E-state index < -0.39 is 7.92 Å². The Balaban J connectivity index is 0.000000647. The van der Waals surface area contributed by atoms with Crippen molar-refractivity contribution in [3.05, 3.63) is 96.6 Å². The molecule has 0 aliphatic rings. The van der Waals surface area contributed by atoms with Gasteiger partial charge in [0.15, 0.2) is 5.52 Å². The first-order valence-corrected chi connectivity index (χ1v) is 9.02. The van der Waals surface area contributed by atoms with Gasteiger partial charge in [-0.2, -0.15) is 0 Å². The molecule has 3 aromatic carbocycles. The minimum atomic E-state index is -1.03. The van der Waals surface area contributed by atoms with Gasteiger partial charge in [0.25, 0.3) is 0 Å². The van der Waals surface area contributed by atoms with Crippen LogP contribution in [0.5, 0.6) is 0 Å². The first kappa shape index (κ1) is 18.1. The van der Waals surface area contributed by atoms with Crippen LogP contribution in [-0.4, -0.2) is 19.7 Å². The first-order valence-electron chi connectivity index (χ1n) is 7.67. The third-order valence-electron chi connectivity index (χ3n) is 3.25. The normalized spacial score (nSPS) is 9.96. The van der Waals surface area contributed by atoms with E-state index in [2.05, 4.69) is 4.74 Å². The zero-order chi connectivity index (χ0) is 17.2. The quantitative estimate of drug-likeness (QED) is 0.667. The van der Waals surface area contributed by atoms with Crippen LogP contribution in [0.25, 0.3) is 0 Å². The summed E-state index contributed by atoms with van der Waals surface area (Å²) < 4.78 is 4.25. The first-order chi connectivity index (χ1) is 11.8. The van der Waals surface area contributed by atoms with Gasteiger partial charge in [-0.25, -0.2) is 0 Å². The Morgan fingerprint density at radius 3 is 1.38 bits per heavy atom. The lowest BCUT2D eigenvalue weighted by Gasteiger charge is -2.17. The Labute approximate surface area is 144 Å². The van der Waals surface area contributed by atoms with Gasteiger partial charge in [-0.1, -0.05) is 91.0 Å². The molecule has 24 heavy (non-hydrogen) atoms. The van der Waals surface area contributed by atoms with Gasteiger partial charge in [-0.3, -0.25) is 4.79 Å². The summed E-state index contributed by atoms with van der Waals surface area (Å²) in [5.41, 5.74) is 0.972. The van der Waals surface area contributed by atoms with Gasteiger partial charge < -0.3 is 4.74 Å². The maximum absolute atomic E-state index is 13.0.